The van der Waals surface area contributed by atoms with Crippen molar-refractivity contribution in [2.75, 3.05) is 27.8 Å². The first-order valence-electron chi connectivity index (χ1n) is 20.4. The molecule has 7 unspecified atom stereocenters. The number of aliphatic hydroxyl groups excluding tert-OH is 2. The van der Waals surface area contributed by atoms with Crippen LogP contribution in [0.2, 0.25) is 0 Å². The SMILES string of the molecule is C=CC1CCC(C)(C(O)c2ccnc3ccc(OC)cc23)[N+](C)(Cc2c(C)c(C)c(CN3C(C=C)CCC3C(O)c3ccnc4ccc(OC)cc34)c(C)c2C)C1. The van der Waals surface area contributed by atoms with Gasteiger partial charge in [0.05, 0.1) is 44.9 Å². The van der Waals surface area contributed by atoms with Crippen LogP contribution in [-0.4, -0.2) is 75.0 Å². The Bertz CT molecular complexity index is 2290. The topological polar surface area (TPSA) is 87.9 Å². The average molecular weight is 770 g/mol. The Morgan fingerprint density at radius 1 is 0.807 bits per heavy atom. The molecule has 2 aliphatic rings. The molecule has 2 N–H and O–H groups in total. The Hall–Kier alpha value is -4.60. The zero-order valence-corrected chi connectivity index (χ0v) is 35.2. The van der Waals surface area contributed by atoms with E-state index in [9.17, 15) is 10.2 Å². The molecule has 4 heterocycles. The molecule has 0 aliphatic carbocycles. The van der Waals surface area contributed by atoms with E-state index in [1.807, 2.05) is 60.8 Å². The van der Waals surface area contributed by atoms with Crippen LogP contribution < -0.4 is 9.47 Å². The summed E-state index contributed by atoms with van der Waals surface area (Å²) in [6.07, 6.45) is 9.94. The van der Waals surface area contributed by atoms with Crippen molar-refractivity contribution in [1.82, 2.24) is 14.9 Å². The smallest absolute Gasteiger partial charge is 0.134 e. The van der Waals surface area contributed by atoms with Gasteiger partial charge in [0.15, 0.2) is 0 Å². The number of likely N-dealkylation sites (N-methyl/N-ethyl adjacent to an activating group) is 1. The molecule has 3 aromatic carbocycles. The second-order valence-electron chi connectivity index (χ2n) is 17.1. The van der Waals surface area contributed by atoms with E-state index in [2.05, 4.69) is 75.8 Å². The fourth-order valence-corrected chi connectivity index (χ4v) is 10.2. The maximum Gasteiger partial charge on any atom is 0.134 e. The van der Waals surface area contributed by atoms with Crippen molar-refractivity contribution >= 4 is 21.8 Å². The summed E-state index contributed by atoms with van der Waals surface area (Å²) in [4.78, 5) is 11.7. The van der Waals surface area contributed by atoms with E-state index >= 15 is 0 Å². The Morgan fingerprint density at radius 2 is 1.37 bits per heavy atom. The molecule has 2 aliphatic heterocycles. The highest BCUT2D eigenvalue weighted by molar-refractivity contribution is 5.84. The lowest BCUT2D eigenvalue weighted by molar-refractivity contribution is -0.981. The van der Waals surface area contributed by atoms with Crippen LogP contribution in [0.25, 0.3) is 21.8 Å². The Labute approximate surface area is 339 Å². The molecule has 7 rings (SSSR count). The Balaban J connectivity index is 1.24. The average Bonchev–Trinajstić information content (AvgIpc) is 3.65. The molecule has 5 aromatic rings. The molecule has 8 nitrogen and oxygen atoms in total. The van der Waals surface area contributed by atoms with E-state index in [1.54, 1.807) is 20.4 Å². The zero-order chi connectivity index (χ0) is 40.8. The normalized spacial score (nSPS) is 25.1. The highest BCUT2D eigenvalue weighted by Crippen LogP contribution is 2.48. The zero-order valence-electron chi connectivity index (χ0n) is 35.2. The molecular formula is C49H61N4O4+. The van der Waals surface area contributed by atoms with Gasteiger partial charge >= 0.3 is 0 Å². The van der Waals surface area contributed by atoms with E-state index in [-0.39, 0.29) is 12.1 Å². The lowest BCUT2D eigenvalue weighted by Gasteiger charge is -2.56. The number of hydrogen-bond donors (Lipinski definition) is 2. The van der Waals surface area contributed by atoms with E-state index in [0.29, 0.717) is 16.9 Å². The van der Waals surface area contributed by atoms with Crippen LogP contribution in [0.3, 0.4) is 0 Å². The number of ether oxygens (including phenoxy) is 2. The van der Waals surface area contributed by atoms with Crippen molar-refractivity contribution in [2.45, 2.75) is 103 Å². The summed E-state index contributed by atoms with van der Waals surface area (Å²) in [5.74, 6) is 1.84. The minimum Gasteiger partial charge on any atom is -0.497 e. The number of benzene rings is 3. The number of rotatable bonds is 12. The van der Waals surface area contributed by atoms with Crippen LogP contribution >= 0.6 is 0 Å². The van der Waals surface area contributed by atoms with Crippen LogP contribution in [0.5, 0.6) is 11.5 Å². The van der Waals surface area contributed by atoms with E-state index < -0.39 is 17.7 Å². The predicted molar refractivity (Wildman–Crippen MR) is 231 cm³/mol. The lowest BCUT2D eigenvalue weighted by Crippen LogP contribution is -2.66. The molecule has 2 saturated heterocycles. The molecule has 0 spiro atoms. The van der Waals surface area contributed by atoms with Gasteiger partial charge in [-0.3, -0.25) is 14.9 Å². The minimum atomic E-state index is -0.735. The highest BCUT2D eigenvalue weighted by atomic mass is 16.5. The molecular weight excluding hydrogens is 709 g/mol. The van der Waals surface area contributed by atoms with Crippen molar-refractivity contribution in [3.05, 3.63) is 131 Å². The quantitative estimate of drug-likeness (QED) is 0.0967. The summed E-state index contributed by atoms with van der Waals surface area (Å²) in [5.41, 5.74) is 10.8. The first kappa shape index (κ1) is 40.6. The van der Waals surface area contributed by atoms with E-state index in [0.717, 1.165) is 83.2 Å². The van der Waals surface area contributed by atoms with Gasteiger partial charge in [0.2, 0.25) is 0 Å². The van der Waals surface area contributed by atoms with Crippen LogP contribution in [0, 0.1) is 33.6 Å². The largest absolute Gasteiger partial charge is 0.497 e. The van der Waals surface area contributed by atoms with Gasteiger partial charge in [0, 0.05) is 59.7 Å². The number of pyridine rings is 2. The predicted octanol–water partition coefficient (Wildman–Crippen LogP) is 9.32. The second kappa shape index (κ2) is 16.0. The first-order valence-corrected chi connectivity index (χ1v) is 20.4. The van der Waals surface area contributed by atoms with Crippen molar-refractivity contribution < 1.29 is 24.2 Å². The number of nitrogens with zero attached hydrogens (tertiary/aromatic N) is 4. The molecule has 57 heavy (non-hydrogen) atoms. The summed E-state index contributed by atoms with van der Waals surface area (Å²) in [6, 6.07) is 15.7. The van der Waals surface area contributed by atoms with Gasteiger partial charge in [0.1, 0.15) is 29.7 Å². The molecule has 0 radical (unpaired) electrons. The van der Waals surface area contributed by atoms with Gasteiger partial charge in [-0.25, -0.2) is 0 Å². The molecule has 0 amide bonds. The summed E-state index contributed by atoms with van der Waals surface area (Å²) in [7, 11) is 5.67. The minimum absolute atomic E-state index is 0.0935. The van der Waals surface area contributed by atoms with Crippen molar-refractivity contribution in [3.8, 4) is 11.5 Å². The summed E-state index contributed by atoms with van der Waals surface area (Å²) >= 11 is 0. The van der Waals surface area contributed by atoms with Crippen molar-refractivity contribution in [3.63, 3.8) is 0 Å². The third-order valence-corrected chi connectivity index (χ3v) is 14.4. The molecule has 300 valence electrons. The summed E-state index contributed by atoms with van der Waals surface area (Å²) in [6.45, 7) is 22.2. The second-order valence-corrected chi connectivity index (χ2v) is 17.1. The highest BCUT2D eigenvalue weighted by Gasteiger charge is 2.54. The van der Waals surface area contributed by atoms with Gasteiger partial charge in [-0.1, -0.05) is 12.2 Å². The Morgan fingerprint density at radius 3 is 1.93 bits per heavy atom. The van der Waals surface area contributed by atoms with Gasteiger partial charge in [-0.05, 0) is 141 Å². The fraction of sp³-hybridized carbons (Fsp3) is 0.429. The first-order chi connectivity index (χ1) is 27.3. The van der Waals surface area contributed by atoms with Crippen LogP contribution in [-0.2, 0) is 13.1 Å². The van der Waals surface area contributed by atoms with Gasteiger partial charge in [-0.2, -0.15) is 0 Å². The number of methoxy groups -OCH3 is 2. The number of piperidine rings is 1. The van der Waals surface area contributed by atoms with Gasteiger partial charge < -0.3 is 24.2 Å². The van der Waals surface area contributed by atoms with Crippen molar-refractivity contribution in [2.24, 2.45) is 5.92 Å². The summed E-state index contributed by atoms with van der Waals surface area (Å²) in [5, 5.41) is 26.6. The van der Waals surface area contributed by atoms with Crippen LogP contribution in [0.1, 0.15) is 89.3 Å². The fourth-order valence-electron chi connectivity index (χ4n) is 10.2. The maximum absolute atomic E-state index is 12.6. The molecule has 7 atom stereocenters. The number of hydrogen-bond acceptors (Lipinski definition) is 7. The molecule has 2 fully saturated rings. The number of fused-ring (bicyclic) bond motifs is 2. The van der Waals surface area contributed by atoms with Crippen molar-refractivity contribution in [1.29, 1.82) is 0 Å². The molecule has 8 heteroatoms. The van der Waals surface area contributed by atoms with E-state index in [4.69, 9.17) is 9.47 Å². The number of quaternary nitrogens is 1. The summed E-state index contributed by atoms with van der Waals surface area (Å²) < 4.78 is 11.8. The maximum atomic E-state index is 12.6. The molecule has 0 saturated carbocycles. The third-order valence-electron chi connectivity index (χ3n) is 14.4. The van der Waals surface area contributed by atoms with Gasteiger partial charge in [0.25, 0.3) is 0 Å². The van der Waals surface area contributed by atoms with Gasteiger partial charge in [-0.15, -0.1) is 13.2 Å². The lowest BCUT2D eigenvalue weighted by atomic mass is 9.74. The monoisotopic (exact) mass is 769 g/mol. The molecule has 2 aromatic heterocycles. The third kappa shape index (κ3) is 7.05. The molecule has 0 bridgehead atoms. The number of likely N-dealkylation sites (tertiary alicyclic amines) is 2. The van der Waals surface area contributed by atoms with E-state index in [1.165, 1.54) is 33.4 Å². The number of aliphatic hydroxyl groups is 2. The Kier molecular flexibility index (Phi) is 11.4. The van der Waals surface area contributed by atoms with Crippen LogP contribution in [0.4, 0.5) is 0 Å². The standard InChI is InChI=1S/C49H61N4O4/c1-11-34-19-22-49(7,48(55)39-21-24-51-45-17-15-37(57-10)26-41(39)45)53(8,28-34)29-43-32(5)30(3)42(31(4)33(43)6)27-52-35(12-2)13-18-46(52)47(54)38-20-23-50-44-16-14-36(56-9)25-40(38)44/h11-12,14-17,20-21,23-26,34-35,46-48,54-55H,1-2,13,18-19,22,27-29H2,3-10H3/q+1. The van der Waals surface area contributed by atoms with Crippen LogP contribution in [0.15, 0.2) is 86.2 Å². The number of aromatic nitrogens is 2.